The minimum atomic E-state index is -0.557. The lowest BCUT2D eigenvalue weighted by Gasteiger charge is -2.10. The van der Waals surface area contributed by atoms with Crippen LogP contribution in [0, 0.1) is 6.92 Å². The van der Waals surface area contributed by atoms with E-state index >= 15 is 0 Å². The molecule has 0 saturated heterocycles. The Balaban J connectivity index is 3.05. The van der Waals surface area contributed by atoms with Gasteiger partial charge in [0.1, 0.15) is 0 Å². The second-order valence-corrected chi connectivity index (χ2v) is 4.13. The molecule has 0 aliphatic rings. The first kappa shape index (κ1) is 11.3. The summed E-state index contributed by atoms with van der Waals surface area (Å²) in [6.45, 7) is 5.89. The van der Waals surface area contributed by atoms with E-state index in [0.29, 0.717) is 5.02 Å². The van der Waals surface area contributed by atoms with Crippen molar-refractivity contribution in [2.75, 3.05) is 0 Å². The Morgan fingerprint density at radius 3 is 2.64 bits per heavy atom. The monoisotopic (exact) mass is 210 g/mol. The van der Waals surface area contributed by atoms with Crippen LogP contribution in [0.15, 0.2) is 29.8 Å². The summed E-state index contributed by atoms with van der Waals surface area (Å²) in [5.41, 5.74) is 3.02. The molecule has 2 heteroatoms. The van der Waals surface area contributed by atoms with Gasteiger partial charge >= 0.3 is 0 Å². The van der Waals surface area contributed by atoms with Crippen molar-refractivity contribution in [3.05, 3.63) is 46.0 Å². The van der Waals surface area contributed by atoms with Gasteiger partial charge in [-0.15, -0.1) is 0 Å². The number of aryl methyl sites for hydroxylation is 1. The van der Waals surface area contributed by atoms with Gasteiger partial charge in [-0.2, -0.15) is 0 Å². The highest BCUT2D eigenvalue weighted by molar-refractivity contribution is 6.30. The summed E-state index contributed by atoms with van der Waals surface area (Å²) in [5.74, 6) is 0. The Morgan fingerprint density at radius 2 is 2.07 bits per heavy atom. The van der Waals surface area contributed by atoms with Gasteiger partial charge in [0.2, 0.25) is 0 Å². The van der Waals surface area contributed by atoms with Crippen LogP contribution in [-0.2, 0) is 0 Å². The molecule has 0 heterocycles. The van der Waals surface area contributed by atoms with Crippen molar-refractivity contribution in [3.63, 3.8) is 0 Å². The number of halogens is 1. The first-order chi connectivity index (χ1) is 6.50. The fourth-order valence-corrected chi connectivity index (χ4v) is 1.52. The maximum Gasteiger partial charge on any atom is 0.0977 e. The van der Waals surface area contributed by atoms with Crippen molar-refractivity contribution < 1.29 is 5.11 Å². The molecule has 1 aromatic rings. The van der Waals surface area contributed by atoms with Crippen molar-refractivity contribution in [3.8, 4) is 0 Å². The van der Waals surface area contributed by atoms with Crippen LogP contribution in [0.4, 0.5) is 0 Å². The fraction of sp³-hybridized carbons (Fsp3) is 0.333. The van der Waals surface area contributed by atoms with Gasteiger partial charge in [-0.3, -0.25) is 0 Å². The molecule has 1 N–H and O–H groups in total. The zero-order chi connectivity index (χ0) is 10.7. The van der Waals surface area contributed by atoms with Crippen LogP contribution in [0.2, 0.25) is 5.02 Å². The molecule has 0 aromatic heterocycles. The minimum Gasteiger partial charge on any atom is -0.384 e. The smallest absolute Gasteiger partial charge is 0.0977 e. The van der Waals surface area contributed by atoms with Gasteiger partial charge in [0.25, 0.3) is 0 Å². The summed E-state index contributed by atoms with van der Waals surface area (Å²) < 4.78 is 0. The number of rotatable bonds is 2. The van der Waals surface area contributed by atoms with E-state index in [1.54, 1.807) is 6.07 Å². The molecular weight excluding hydrogens is 196 g/mol. The number of hydrogen-bond donors (Lipinski definition) is 1. The summed E-state index contributed by atoms with van der Waals surface area (Å²) in [7, 11) is 0. The maximum atomic E-state index is 9.86. The summed E-state index contributed by atoms with van der Waals surface area (Å²) in [6.07, 6.45) is 1.26. The second kappa shape index (κ2) is 4.63. The zero-order valence-electron chi connectivity index (χ0n) is 8.71. The predicted octanol–water partition coefficient (Wildman–Crippen LogP) is 3.65. The van der Waals surface area contributed by atoms with Crippen LogP contribution in [0.3, 0.4) is 0 Å². The molecule has 0 spiro atoms. The highest BCUT2D eigenvalue weighted by atomic mass is 35.5. The maximum absolute atomic E-state index is 9.86. The first-order valence-corrected chi connectivity index (χ1v) is 4.97. The molecule has 0 fully saturated rings. The SMILES string of the molecule is CC(C)=CC(O)c1cc(Cl)ccc1C. The molecular formula is C12H15ClO. The standard InChI is InChI=1S/C12H15ClO/c1-8(2)6-12(14)11-7-10(13)5-4-9(11)3/h4-7,12,14H,1-3H3. The van der Waals surface area contributed by atoms with Gasteiger partial charge < -0.3 is 5.11 Å². The molecule has 0 aliphatic heterocycles. The molecule has 0 radical (unpaired) electrons. The Labute approximate surface area is 90.0 Å². The average molecular weight is 211 g/mol. The third-order valence-electron chi connectivity index (χ3n) is 2.05. The van der Waals surface area contributed by atoms with E-state index in [2.05, 4.69) is 0 Å². The van der Waals surface area contributed by atoms with E-state index in [4.69, 9.17) is 11.6 Å². The lowest BCUT2D eigenvalue weighted by Crippen LogP contribution is -1.97. The van der Waals surface area contributed by atoms with Crippen LogP contribution in [-0.4, -0.2) is 5.11 Å². The van der Waals surface area contributed by atoms with Gasteiger partial charge in [0.15, 0.2) is 0 Å². The summed E-state index contributed by atoms with van der Waals surface area (Å²) in [4.78, 5) is 0. The van der Waals surface area contributed by atoms with Crippen molar-refractivity contribution in [1.82, 2.24) is 0 Å². The molecule has 0 aliphatic carbocycles. The van der Waals surface area contributed by atoms with Gasteiger partial charge in [0, 0.05) is 5.02 Å². The van der Waals surface area contributed by atoms with E-state index in [1.165, 1.54) is 0 Å². The highest BCUT2D eigenvalue weighted by Crippen LogP contribution is 2.23. The summed E-state index contributed by atoms with van der Waals surface area (Å²) in [6, 6.07) is 5.55. The topological polar surface area (TPSA) is 20.2 Å². The van der Waals surface area contributed by atoms with Crippen LogP contribution in [0.25, 0.3) is 0 Å². The molecule has 1 atom stereocenters. The van der Waals surface area contributed by atoms with Crippen molar-refractivity contribution in [2.24, 2.45) is 0 Å². The van der Waals surface area contributed by atoms with E-state index in [9.17, 15) is 5.11 Å². The summed E-state index contributed by atoms with van der Waals surface area (Å²) in [5, 5.41) is 10.5. The van der Waals surface area contributed by atoms with Crippen molar-refractivity contribution >= 4 is 11.6 Å². The lowest BCUT2D eigenvalue weighted by atomic mass is 10.0. The predicted molar refractivity (Wildman–Crippen MR) is 60.6 cm³/mol. The van der Waals surface area contributed by atoms with Crippen LogP contribution < -0.4 is 0 Å². The highest BCUT2D eigenvalue weighted by Gasteiger charge is 2.07. The largest absolute Gasteiger partial charge is 0.384 e. The Hall–Kier alpha value is -0.790. The lowest BCUT2D eigenvalue weighted by molar-refractivity contribution is 0.227. The van der Waals surface area contributed by atoms with E-state index in [-0.39, 0.29) is 0 Å². The van der Waals surface area contributed by atoms with Crippen LogP contribution >= 0.6 is 11.6 Å². The molecule has 0 bridgehead atoms. The normalized spacial score (nSPS) is 12.4. The van der Waals surface area contributed by atoms with Crippen LogP contribution in [0.5, 0.6) is 0 Å². The molecule has 76 valence electrons. The number of benzene rings is 1. The first-order valence-electron chi connectivity index (χ1n) is 4.60. The van der Waals surface area contributed by atoms with E-state index < -0.39 is 6.10 Å². The molecule has 0 amide bonds. The van der Waals surface area contributed by atoms with Gasteiger partial charge in [-0.05, 0) is 44.0 Å². The van der Waals surface area contributed by atoms with Crippen molar-refractivity contribution in [1.29, 1.82) is 0 Å². The number of hydrogen-bond acceptors (Lipinski definition) is 1. The number of aliphatic hydroxyl groups excluding tert-OH is 1. The molecule has 1 unspecified atom stereocenters. The van der Waals surface area contributed by atoms with Crippen LogP contribution in [0.1, 0.15) is 31.1 Å². The minimum absolute atomic E-state index is 0.557. The molecule has 1 aromatic carbocycles. The molecule has 14 heavy (non-hydrogen) atoms. The van der Waals surface area contributed by atoms with E-state index in [1.807, 2.05) is 39.0 Å². The van der Waals surface area contributed by atoms with Gasteiger partial charge in [0.05, 0.1) is 6.10 Å². The quantitative estimate of drug-likeness (QED) is 0.739. The molecule has 1 nitrogen and oxygen atoms in total. The van der Waals surface area contributed by atoms with Crippen molar-refractivity contribution in [2.45, 2.75) is 26.9 Å². The van der Waals surface area contributed by atoms with Gasteiger partial charge in [-0.25, -0.2) is 0 Å². The zero-order valence-corrected chi connectivity index (χ0v) is 9.47. The fourth-order valence-electron chi connectivity index (χ4n) is 1.34. The second-order valence-electron chi connectivity index (χ2n) is 3.69. The Morgan fingerprint density at radius 1 is 1.43 bits per heavy atom. The Kier molecular flexibility index (Phi) is 3.73. The summed E-state index contributed by atoms with van der Waals surface area (Å²) >= 11 is 5.87. The Bertz CT molecular complexity index is 351. The molecule has 1 rings (SSSR count). The van der Waals surface area contributed by atoms with Gasteiger partial charge in [-0.1, -0.05) is 29.3 Å². The average Bonchev–Trinajstić information content (AvgIpc) is 2.08. The number of allylic oxidation sites excluding steroid dienone is 1. The third-order valence-corrected chi connectivity index (χ3v) is 2.29. The molecule has 0 saturated carbocycles. The number of aliphatic hydroxyl groups is 1. The van der Waals surface area contributed by atoms with E-state index in [0.717, 1.165) is 16.7 Å². The third kappa shape index (κ3) is 2.86.